The van der Waals surface area contributed by atoms with E-state index in [1.54, 1.807) is 6.07 Å². The molecule has 2 aromatic rings. The Labute approximate surface area is 135 Å². The first-order valence-electron chi connectivity index (χ1n) is 6.31. The van der Waals surface area contributed by atoms with Gasteiger partial charge >= 0.3 is 5.69 Å². The van der Waals surface area contributed by atoms with Crippen molar-refractivity contribution in [3.05, 3.63) is 55.2 Å². The number of nitro benzene ring substituents is 1. The number of hydrogen-bond donors (Lipinski definition) is 1. The molecule has 0 aliphatic rings. The van der Waals surface area contributed by atoms with Crippen molar-refractivity contribution in [1.29, 1.82) is 0 Å². The van der Waals surface area contributed by atoms with Crippen LogP contribution in [0.3, 0.4) is 0 Å². The lowest BCUT2D eigenvalue weighted by atomic mass is 10.1. The number of rotatable bonds is 5. The van der Waals surface area contributed by atoms with Gasteiger partial charge in [0, 0.05) is 16.5 Å². The Morgan fingerprint density at radius 3 is 2.68 bits per heavy atom. The molecule has 0 saturated carbocycles. The summed E-state index contributed by atoms with van der Waals surface area (Å²) in [7, 11) is 1.34. The molecule has 6 nitrogen and oxygen atoms in total. The van der Waals surface area contributed by atoms with Crippen LogP contribution < -0.4 is 10.1 Å². The van der Waals surface area contributed by atoms with Gasteiger partial charge in [0.15, 0.2) is 5.75 Å². The van der Waals surface area contributed by atoms with Gasteiger partial charge in [-0.25, -0.2) is 0 Å². The summed E-state index contributed by atoms with van der Waals surface area (Å²) in [5, 5.41) is 13.8. The third-order valence-electron chi connectivity index (χ3n) is 3.01. The highest BCUT2D eigenvalue weighted by atomic mass is 35.5. The number of nitro groups is 1. The summed E-state index contributed by atoms with van der Waals surface area (Å²) < 4.78 is 5.54. The Bertz CT molecular complexity index is 717. The number of halogens is 1. The van der Waals surface area contributed by atoms with E-state index in [1.807, 2.05) is 13.0 Å². The smallest absolute Gasteiger partial charge is 0.311 e. The molecule has 0 unspecified atom stereocenters. The molecule has 1 aromatic carbocycles. The standard InChI is InChI=1S/C14H13ClN2O4S/c1-8(12-5-6-13(15)22-12)16-14(18)9-3-4-11(21-2)10(7-9)17(19)20/h3-8H,1-2H3,(H,16,18)/t8-/m1/s1. The largest absolute Gasteiger partial charge is 0.490 e. The molecule has 0 saturated heterocycles. The molecule has 0 aliphatic carbocycles. The average Bonchev–Trinajstić information content (AvgIpc) is 2.93. The van der Waals surface area contributed by atoms with E-state index in [0.717, 1.165) is 4.88 Å². The summed E-state index contributed by atoms with van der Waals surface area (Å²) in [5.74, 6) is -0.289. The number of methoxy groups -OCH3 is 1. The second-order valence-electron chi connectivity index (χ2n) is 4.48. The highest BCUT2D eigenvalue weighted by molar-refractivity contribution is 7.16. The first-order chi connectivity index (χ1) is 10.4. The minimum absolute atomic E-state index is 0.111. The van der Waals surface area contributed by atoms with Gasteiger partial charge in [0.25, 0.3) is 5.91 Å². The second kappa shape index (κ2) is 6.76. The number of benzene rings is 1. The summed E-state index contributed by atoms with van der Waals surface area (Å²) in [6.07, 6.45) is 0. The van der Waals surface area contributed by atoms with E-state index in [1.165, 1.54) is 36.6 Å². The van der Waals surface area contributed by atoms with Crippen molar-refractivity contribution in [2.45, 2.75) is 13.0 Å². The van der Waals surface area contributed by atoms with Crippen LogP contribution in [0.15, 0.2) is 30.3 Å². The Hall–Kier alpha value is -2.12. The molecule has 8 heteroatoms. The predicted molar refractivity (Wildman–Crippen MR) is 84.9 cm³/mol. The maximum Gasteiger partial charge on any atom is 0.311 e. The van der Waals surface area contributed by atoms with E-state index in [9.17, 15) is 14.9 Å². The highest BCUT2D eigenvalue weighted by Gasteiger charge is 2.19. The molecular weight excluding hydrogens is 328 g/mol. The van der Waals surface area contributed by atoms with Gasteiger partial charge in [0.2, 0.25) is 0 Å². The summed E-state index contributed by atoms with van der Waals surface area (Å²) >= 11 is 7.23. The Balaban J connectivity index is 2.19. The van der Waals surface area contributed by atoms with Gasteiger partial charge in [-0.05, 0) is 31.2 Å². The lowest BCUT2D eigenvalue weighted by molar-refractivity contribution is -0.385. The highest BCUT2D eigenvalue weighted by Crippen LogP contribution is 2.29. The SMILES string of the molecule is COc1ccc(C(=O)N[C@H](C)c2ccc(Cl)s2)cc1[N+](=O)[O-]. The van der Waals surface area contributed by atoms with E-state index >= 15 is 0 Å². The Morgan fingerprint density at radius 2 is 2.14 bits per heavy atom. The summed E-state index contributed by atoms with van der Waals surface area (Å²) in [6.45, 7) is 1.82. The molecular formula is C14H13ClN2O4S. The lowest BCUT2D eigenvalue weighted by Crippen LogP contribution is -2.26. The number of carbonyl (C=O) groups excluding carboxylic acids is 1. The van der Waals surface area contributed by atoms with Crippen molar-refractivity contribution in [1.82, 2.24) is 5.32 Å². The first kappa shape index (κ1) is 16.3. The van der Waals surface area contributed by atoms with Crippen LogP contribution in [0.2, 0.25) is 4.34 Å². The van der Waals surface area contributed by atoms with Crippen LogP contribution in [-0.2, 0) is 0 Å². The number of thiophene rings is 1. The zero-order valence-electron chi connectivity index (χ0n) is 11.8. The van der Waals surface area contributed by atoms with Crippen LogP contribution in [0.25, 0.3) is 0 Å². The number of nitrogens with one attached hydrogen (secondary N) is 1. The zero-order valence-corrected chi connectivity index (χ0v) is 13.4. The van der Waals surface area contributed by atoms with Gasteiger partial charge in [-0.2, -0.15) is 0 Å². The number of ether oxygens (including phenoxy) is 1. The van der Waals surface area contributed by atoms with E-state index in [4.69, 9.17) is 16.3 Å². The minimum Gasteiger partial charge on any atom is -0.490 e. The molecule has 1 heterocycles. The van der Waals surface area contributed by atoms with E-state index in [2.05, 4.69) is 5.32 Å². The van der Waals surface area contributed by atoms with Crippen molar-refractivity contribution in [3.63, 3.8) is 0 Å². The molecule has 2 rings (SSSR count). The third kappa shape index (κ3) is 3.55. The quantitative estimate of drug-likeness (QED) is 0.662. The molecule has 1 aromatic heterocycles. The van der Waals surface area contributed by atoms with Crippen LogP contribution in [0.1, 0.15) is 28.2 Å². The first-order valence-corrected chi connectivity index (χ1v) is 7.50. The van der Waals surface area contributed by atoms with Gasteiger partial charge < -0.3 is 10.1 Å². The van der Waals surface area contributed by atoms with Gasteiger partial charge in [-0.3, -0.25) is 14.9 Å². The number of nitrogens with zero attached hydrogens (tertiary/aromatic N) is 1. The third-order valence-corrected chi connectivity index (χ3v) is 4.42. The number of carbonyl (C=O) groups is 1. The fourth-order valence-corrected chi connectivity index (χ4v) is 2.95. The molecule has 22 heavy (non-hydrogen) atoms. The van der Waals surface area contributed by atoms with E-state index in [-0.39, 0.29) is 23.0 Å². The average molecular weight is 341 g/mol. The second-order valence-corrected chi connectivity index (χ2v) is 6.23. The van der Waals surface area contributed by atoms with Crippen LogP contribution in [-0.4, -0.2) is 17.9 Å². The fourth-order valence-electron chi connectivity index (χ4n) is 1.89. The lowest BCUT2D eigenvalue weighted by Gasteiger charge is -2.12. The van der Waals surface area contributed by atoms with E-state index in [0.29, 0.717) is 4.34 Å². The monoisotopic (exact) mass is 340 g/mol. The van der Waals surface area contributed by atoms with Gasteiger partial charge in [0.1, 0.15) is 0 Å². The fraction of sp³-hybridized carbons (Fsp3) is 0.214. The summed E-state index contributed by atoms with van der Waals surface area (Å²) in [4.78, 5) is 23.5. The van der Waals surface area contributed by atoms with Crippen molar-refractivity contribution in [2.24, 2.45) is 0 Å². The summed E-state index contributed by atoms with van der Waals surface area (Å²) in [6, 6.07) is 7.42. The topological polar surface area (TPSA) is 81.5 Å². The van der Waals surface area contributed by atoms with Crippen LogP contribution in [0.4, 0.5) is 5.69 Å². The maximum absolute atomic E-state index is 12.2. The Kier molecular flexibility index (Phi) is 4.99. The van der Waals surface area contributed by atoms with Gasteiger partial charge in [0.05, 0.1) is 22.4 Å². The van der Waals surface area contributed by atoms with Crippen molar-refractivity contribution in [2.75, 3.05) is 7.11 Å². The molecule has 0 spiro atoms. The molecule has 0 aliphatic heterocycles. The normalized spacial score (nSPS) is 11.8. The summed E-state index contributed by atoms with van der Waals surface area (Å²) in [5.41, 5.74) is -0.0519. The Morgan fingerprint density at radius 1 is 1.41 bits per heavy atom. The zero-order chi connectivity index (χ0) is 16.3. The van der Waals surface area contributed by atoms with Crippen molar-refractivity contribution >= 4 is 34.5 Å². The molecule has 0 radical (unpaired) electrons. The molecule has 0 bridgehead atoms. The van der Waals surface area contributed by atoms with Gasteiger partial charge in [-0.1, -0.05) is 11.6 Å². The number of hydrogen-bond acceptors (Lipinski definition) is 5. The number of amides is 1. The maximum atomic E-state index is 12.2. The van der Waals surface area contributed by atoms with E-state index < -0.39 is 10.8 Å². The van der Waals surface area contributed by atoms with Crippen LogP contribution in [0.5, 0.6) is 5.75 Å². The molecule has 0 fully saturated rings. The molecule has 1 amide bonds. The molecule has 1 N–H and O–H groups in total. The predicted octanol–water partition coefficient (Wildman–Crippen LogP) is 3.81. The van der Waals surface area contributed by atoms with Crippen molar-refractivity contribution in [3.8, 4) is 5.75 Å². The minimum atomic E-state index is -0.585. The van der Waals surface area contributed by atoms with Crippen LogP contribution >= 0.6 is 22.9 Å². The van der Waals surface area contributed by atoms with Crippen LogP contribution in [0, 0.1) is 10.1 Å². The van der Waals surface area contributed by atoms with Crippen molar-refractivity contribution < 1.29 is 14.5 Å². The van der Waals surface area contributed by atoms with Gasteiger partial charge in [-0.15, -0.1) is 11.3 Å². The molecule has 1 atom stereocenters. The molecule has 116 valence electrons.